The highest BCUT2D eigenvalue weighted by molar-refractivity contribution is 5.97. The highest BCUT2D eigenvalue weighted by Gasteiger charge is 2.20. The van der Waals surface area contributed by atoms with Crippen molar-refractivity contribution in [2.24, 2.45) is 0 Å². The molecule has 0 aliphatic heterocycles. The first-order chi connectivity index (χ1) is 12.9. The first kappa shape index (κ1) is 18.3. The van der Waals surface area contributed by atoms with Crippen LogP contribution in [0.2, 0.25) is 0 Å². The van der Waals surface area contributed by atoms with E-state index in [1.165, 1.54) is 13.3 Å². The average Bonchev–Trinajstić information content (AvgIpc) is 3.19. The smallest absolute Gasteiger partial charge is 0.338 e. The minimum absolute atomic E-state index is 0.324. The van der Waals surface area contributed by atoms with Gasteiger partial charge in [0.1, 0.15) is 0 Å². The molecule has 0 saturated carbocycles. The lowest BCUT2D eigenvalue weighted by Crippen LogP contribution is -2.30. The number of benzene rings is 2. The largest absolute Gasteiger partial charge is 0.449 e. The lowest BCUT2D eigenvalue weighted by Gasteiger charge is -2.15. The summed E-state index contributed by atoms with van der Waals surface area (Å²) in [6, 6.07) is 12.3. The van der Waals surface area contributed by atoms with E-state index < -0.39 is 12.1 Å². The molecule has 0 radical (unpaired) electrons. The van der Waals surface area contributed by atoms with Crippen molar-refractivity contribution in [1.82, 2.24) is 10.2 Å². The molecule has 0 saturated heterocycles. The minimum atomic E-state index is -0.937. The highest BCUT2D eigenvalue weighted by Crippen LogP contribution is 2.19. The minimum Gasteiger partial charge on any atom is -0.449 e. The molecule has 7 heteroatoms. The van der Waals surface area contributed by atoms with Crippen LogP contribution in [0.15, 0.2) is 53.3 Å². The van der Waals surface area contributed by atoms with Crippen LogP contribution in [0.25, 0.3) is 11.5 Å². The van der Waals surface area contributed by atoms with Crippen molar-refractivity contribution in [3.63, 3.8) is 0 Å². The summed E-state index contributed by atoms with van der Waals surface area (Å²) < 4.78 is 10.4. The zero-order valence-electron chi connectivity index (χ0n) is 15.2. The van der Waals surface area contributed by atoms with E-state index in [2.05, 4.69) is 15.5 Å². The molecule has 7 nitrogen and oxygen atoms in total. The maximum Gasteiger partial charge on any atom is 0.338 e. The maximum absolute atomic E-state index is 12.3. The Morgan fingerprint density at radius 3 is 2.52 bits per heavy atom. The fourth-order valence-electron chi connectivity index (χ4n) is 2.43. The Morgan fingerprint density at radius 2 is 1.85 bits per heavy atom. The fraction of sp³-hybridized carbons (Fsp3) is 0.200. The quantitative estimate of drug-likeness (QED) is 0.695. The summed E-state index contributed by atoms with van der Waals surface area (Å²) in [5.74, 6) is -0.619. The van der Waals surface area contributed by atoms with E-state index in [-0.39, 0.29) is 5.91 Å². The van der Waals surface area contributed by atoms with Crippen LogP contribution in [0, 0.1) is 13.8 Å². The van der Waals surface area contributed by atoms with E-state index in [1.807, 2.05) is 32.0 Å². The molecule has 1 amide bonds. The Bertz CT molecular complexity index is 950. The van der Waals surface area contributed by atoms with E-state index in [0.29, 0.717) is 22.7 Å². The van der Waals surface area contributed by atoms with Crippen molar-refractivity contribution in [1.29, 1.82) is 0 Å². The molecule has 0 unspecified atom stereocenters. The molecule has 1 N–H and O–H groups in total. The van der Waals surface area contributed by atoms with Crippen LogP contribution in [-0.4, -0.2) is 28.2 Å². The number of aromatic nitrogens is 2. The van der Waals surface area contributed by atoms with Crippen molar-refractivity contribution in [3.05, 3.63) is 65.5 Å². The normalized spacial score (nSPS) is 11.7. The Hall–Kier alpha value is -3.48. The number of rotatable bonds is 5. The van der Waals surface area contributed by atoms with Gasteiger partial charge < -0.3 is 14.5 Å². The molecular weight excluding hydrogens is 346 g/mol. The zero-order valence-corrected chi connectivity index (χ0v) is 15.2. The molecule has 0 aliphatic carbocycles. The summed E-state index contributed by atoms with van der Waals surface area (Å²) in [6.45, 7) is 5.37. The SMILES string of the molecule is Cc1ccc(C)c(NC(=O)[C@@H](C)OC(=O)c2ccc(-c3nnco3)cc2)c1. The van der Waals surface area contributed by atoms with Gasteiger partial charge in [-0.15, -0.1) is 10.2 Å². The lowest BCUT2D eigenvalue weighted by molar-refractivity contribution is -0.123. The predicted molar refractivity (Wildman–Crippen MR) is 99.2 cm³/mol. The Balaban J connectivity index is 1.63. The summed E-state index contributed by atoms with van der Waals surface area (Å²) in [7, 11) is 0. The Kier molecular flexibility index (Phi) is 5.30. The monoisotopic (exact) mass is 365 g/mol. The Morgan fingerprint density at radius 1 is 1.11 bits per heavy atom. The summed E-state index contributed by atoms with van der Waals surface area (Å²) in [5, 5.41) is 10.2. The molecule has 0 spiro atoms. The number of hydrogen-bond acceptors (Lipinski definition) is 6. The van der Waals surface area contributed by atoms with E-state index in [4.69, 9.17) is 9.15 Å². The third-order valence-corrected chi connectivity index (χ3v) is 4.03. The molecule has 1 aromatic heterocycles. The van der Waals surface area contributed by atoms with Crippen LogP contribution in [0.4, 0.5) is 5.69 Å². The number of nitrogens with zero attached hydrogens (tertiary/aromatic N) is 2. The molecule has 3 rings (SSSR count). The standard InChI is InChI=1S/C20H19N3O4/c1-12-4-5-13(2)17(10-12)22-18(24)14(3)27-20(25)16-8-6-15(7-9-16)19-23-21-11-26-19/h4-11,14H,1-3H3,(H,22,24)/t14-/m1/s1. The van der Waals surface area contributed by atoms with Gasteiger partial charge in [0.05, 0.1) is 5.56 Å². The summed E-state index contributed by atoms with van der Waals surface area (Å²) in [4.78, 5) is 24.6. The van der Waals surface area contributed by atoms with E-state index in [1.54, 1.807) is 24.3 Å². The second-order valence-electron chi connectivity index (χ2n) is 6.18. The van der Waals surface area contributed by atoms with Gasteiger partial charge in [0.15, 0.2) is 6.10 Å². The average molecular weight is 365 g/mol. The molecule has 0 bridgehead atoms. The van der Waals surface area contributed by atoms with Gasteiger partial charge >= 0.3 is 5.97 Å². The number of ether oxygens (including phenoxy) is 1. The molecule has 0 aliphatic rings. The van der Waals surface area contributed by atoms with Gasteiger partial charge in [-0.1, -0.05) is 12.1 Å². The molecule has 1 heterocycles. The number of aryl methyl sites for hydroxylation is 2. The second kappa shape index (κ2) is 7.82. The van der Waals surface area contributed by atoms with Gasteiger partial charge in [0.2, 0.25) is 12.3 Å². The first-order valence-corrected chi connectivity index (χ1v) is 8.40. The van der Waals surface area contributed by atoms with Gasteiger partial charge in [-0.05, 0) is 62.2 Å². The number of hydrogen-bond donors (Lipinski definition) is 1. The van der Waals surface area contributed by atoms with E-state index >= 15 is 0 Å². The van der Waals surface area contributed by atoms with Crippen molar-refractivity contribution < 1.29 is 18.7 Å². The first-order valence-electron chi connectivity index (χ1n) is 8.40. The molecule has 2 aromatic carbocycles. The van der Waals surface area contributed by atoms with Crippen molar-refractivity contribution >= 4 is 17.6 Å². The lowest BCUT2D eigenvalue weighted by atomic mass is 10.1. The molecule has 0 fully saturated rings. The number of nitrogens with one attached hydrogen (secondary N) is 1. The third-order valence-electron chi connectivity index (χ3n) is 4.03. The number of anilines is 1. The molecule has 3 aromatic rings. The summed E-state index contributed by atoms with van der Waals surface area (Å²) in [6.07, 6.45) is 0.293. The van der Waals surface area contributed by atoms with Crippen molar-refractivity contribution in [2.45, 2.75) is 26.9 Å². The molecule has 1 atom stereocenters. The topological polar surface area (TPSA) is 94.3 Å². The van der Waals surface area contributed by atoms with Gasteiger partial charge in [0, 0.05) is 11.3 Å². The van der Waals surface area contributed by atoms with Gasteiger partial charge in [-0.2, -0.15) is 0 Å². The number of carbonyl (C=O) groups excluding carboxylic acids is 2. The molecule has 138 valence electrons. The van der Waals surface area contributed by atoms with Crippen LogP contribution in [0.3, 0.4) is 0 Å². The van der Waals surface area contributed by atoms with E-state index in [0.717, 1.165) is 11.1 Å². The zero-order chi connectivity index (χ0) is 19.4. The summed E-state index contributed by atoms with van der Waals surface area (Å²) in [5.41, 5.74) is 3.67. The van der Waals surface area contributed by atoms with Crippen LogP contribution in [0.1, 0.15) is 28.4 Å². The number of esters is 1. The van der Waals surface area contributed by atoms with E-state index in [9.17, 15) is 9.59 Å². The third kappa shape index (κ3) is 4.38. The fourth-order valence-corrected chi connectivity index (χ4v) is 2.43. The highest BCUT2D eigenvalue weighted by atomic mass is 16.5. The van der Waals surface area contributed by atoms with Crippen LogP contribution in [-0.2, 0) is 9.53 Å². The van der Waals surface area contributed by atoms with Crippen LogP contribution < -0.4 is 5.32 Å². The molecular formula is C20H19N3O4. The number of carbonyl (C=O) groups is 2. The van der Waals surface area contributed by atoms with Crippen molar-refractivity contribution in [2.75, 3.05) is 5.32 Å². The Labute approximate surface area is 156 Å². The predicted octanol–water partition coefficient (Wildman–Crippen LogP) is 3.54. The number of amides is 1. The van der Waals surface area contributed by atoms with Gasteiger partial charge in [0.25, 0.3) is 5.91 Å². The molecule has 27 heavy (non-hydrogen) atoms. The van der Waals surface area contributed by atoms with Crippen LogP contribution in [0.5, 0.6) is 0 Å². The summed E-state index contributed by atoms with van der Waals surface area (Å²) >= 11 is 0. The van der Waals surface area contributed by atoms with Gasteiger partial charge in [-0.25, -0.2) is 4.79 Å². The maximum atomic E-state index is 12.3. The van der Waals surface area contributed by atoms with Crippen molar-refractivity contribution in [3.8, 4) is 11.5 Å². The van der Waals surface area contributed by atoms with Gasteiger partial charge in [-0.3, -0.25) is 4.79 Å². The second-order valence-corrected chi connectivity index (χ2v) is 6.18. The van der Waals surface area contributed by atoms with Crippen LogP contribution >= 0.6 is 0 Å².